The van der Waals surface area contributed by atoms with E-state index in [0.29, 0.717) is 0 Å². The molecule has 0 fully saturated rings. The van der Waals surface area contributed by atoms with Crippen molar-refractivity contribution in [1.82, 2.24) is 4.98 Å². The van der Waals surface area contributed by atoms with E-state index in [1.165, 1.54) is 0 Å². The third-order valence-electron chi connectivity index (χ3n) is 1.83. The Morgan fingerprint density at radius 2 is 2.14 bits per heavy atom. The first-order valence-corrected chi connectivity index (χ1v) is 5.34. The fourth-order valence-corrected chi connectivity index (χ4v) is 2.23. The SMILES string of the molecule is C=Cc1cnc(-c2ccccc2Cl)s1. The van der Waals surface area contributed by atoms with Crippen LogP contribution in [0.3, 0.4) is 0 Å². The third kappa shape index (κ3) is 1.72. The lowest BCUT2D eigenvalue weighted by molar-refractivity contribution is 1.41. The van der Waals surface area contributed by atoms with Crippen molar-refractivity contribution in [2.45, 2.75) is 0 Å². The summed E-state index contributed by atoms with van der Waals surface area (Å²) in [5.74, 6) is 0. The number of hydrogen-bond donors (Lipinski definition) is 0. The van der Waals surface area contributed by atoms with Crippen LogP contribution in [0.5, 0.6) is 0 Å². The van der Waals surface area contributed by atoms with Gasteiger partial charge >= 0.3 is 0 Å². The molecule has 70 valence electrons. The summed E-state index contributed by atoms with van der Waals surface area (Å²) >= 11 is 7.64. The van der Waals surface area contributed by atoms with Crippen LogP contribution in [0.4, 0.5) is 0 Å². The Morgan fingerprint density at radius 1 is 1.36 bits per heavy atom. The molecule has 1 heterocycles. The van der Waals surface area contributed by atoms with Crippen LogP contribution in [0.15, 0.2) is 37.0 Å². The zero-order chi connectivity index (χ0) is 9.97. The maximum Gasteiger partial charge on any atom is 0.125 e. The fraction of sp³-hybridized carbons (Fsp3) is 0. The molecule has 1 aromatic carbocycles. The standard InChI is InChI=1S/C11H8ClNS/c1-2-8-7-13-11(14-8)9-5-3-4-6-10(9)12/h2-7H,1H2. The molecule has 2 aromatic rings. The van der Waals surface area contributed by atoms with Crippen molar-refractivity contribution >= 4 is 29.0 Å². The van der Waals surface area contributed by atoms with Crippen LogP contribution < -0.4 is 0 Å². The van der Waals surface area contributed by atoms with Gasteiger partial charge in [-0.1, -0.05) is 42.5 Å². The minimum absolute atomic E-state index is 0.734. The molecule has 14 heavy (non-hydrogen) atoms. The van der Waals surface area contributed by atoms with Gasteiger partial charge in [0.05, 0.1) is 5.02 Å². The van der Waals surface area contributed by atoms with Gasteiger partial charge in [-0.3, -0.25) is 0 Å². The summed E-state index contributed by atoms with van der Waals surface area (Å²) in [6.07, 6.45) is 3.59. The second kappa shape index (κ2) is 3.95. The zero-order valence-electron chi connectivity index (χ0n) is 7.40. The fourth-order valence-electron chi connectivity index (χ4n) is 1.14. The van der Waals surface area contributed by atoms with Gasteiger partial charge in [0.25, 0.3) is 0 Å². The van der Waals surface area contributed by atoms with Crippen LogP contribution in [0, 0.1) is 0 Å². The zero-order valence-corrected chi connectivity index (χ0v) is 8.98. The highest BCUT2D eigenvalue weighted by molar-refractivity contribution is 7.15. The van der Waals surface area contributed by atoms with Gasteiger partial charge in [-0.05, 0) is 6.07 Å². The predicted octanol–water partition coefficient (Wildman–Crippen LogP) is 4.11. The highest BCUT2D eigenvalue weighted by Gasteiger charge is 2.05. The second-order valence-corrected chi connectivity index (χ2v) is 4.22. The van der Waals surface area contributed by atoms with Crippen molar-refractivity contribution in [3.8, 4) is 10.6 Å². The van der Waals surface area contributed by atoms with E-state index in [-0.39, 0.29) is 0 Å². The van der Waals surface area contributed by atoms with Gasteiger partial charge in [0.2, 0.25) is 0 Å². The number of benzene rings is 1. The summed E-state index contributed by atoms with van der Waals surface area (Å²) in [4.78, 5) is 5.34. The van der Waals surface area contributed by atoms with E-state index in [9.17, 15) is 0 Å². The smallest absolute Gasteiger partial charge is 0.125 e. The monoisotopic (exact) mass is 221 g/mol. The Balaban J connectivity index is 2.49. The molecule has 0 spiro atoms. The lowest BCUT2D eigenvalue weighted by Gasteiger charge is -1.97. The summed E-state index contributed by atoms with van der Waals surface area (Å²) < 4.78 is 0. The quantitative estimate of drug-likeness (QED) is 0.744. The van der Waals surface area contributed by atoms with Crippen molar-refractivity contribution in [1.29, 1.82) is 0 Å². The lowest BCUT2D eigenvalue weighted by atomic mass is 10.2. The number of aromatic nitrogens is 1. The molecular weight excluding hydrogens is 214 g/mol. The van der Waals surface area contributed by atoms with Gasteiger partial charge in [-0.2, -0.15) is 0 Å². The lowest BCUT2D eigenvalue weighted by Crippen LogP contribution is -1.75. The van der Waals surface area contributed by atoms with Crippen molar-refractivity contribution in [2.75, 3.05) is 0 Å². The van der Waals surface area contributed by atoms with Gasteiger partial charge in [0, 0.05) is 16.6 Å². The van der Waals surface area contributed by atoms with E-state index in [0.717, 1.165) is 20.5 Å². The molecule has 2 rings (SSSR count). The molecule has 0 aliphatic rings. The predicted molar refractivity (Wildman–Crippen MR) is 62.7 cm³/mol. The number of thiazole rings is 1. The first kappa shape index (κ1) is 9.44. The maximum absolute atomic E-state index is 6.05. The van der Waals surface area contributed by atoms with Crippen molar-refractivity contribution < 1.29 is 0 Å². The van der Waals surface area contributed by atoms with Crippen LogP contribution in [0.1, 0.15) is 4.88 Å². The summed E-state index contributed by atoms with van der Waals surface area (Å²) in [7, 11) is 0. The summed E-state index contributed by atoms with van der Waals surface area (Å²) in [5, 5.41) is 1.67. The molecule has 0 radical (unpaired) electrons. The third-order valence-corrected chi connectivity index (χ3v) is 3.19. The Labute approximate surface area is 91.7 Å². The van der Waals surface area contributed by atoms with E-state index in [4.69, 9.17) is 11.6 Å². The number of nitrogens with zero attached hydrogens (tertiary/aromatic N) is 1. The first-order valence-electron chi connectivity index (χ1n) is 4.14. The average Bonchev–Trinajstić information content (AvgIpc) is 2.67. The number of hydrogen-bond acceptors (Lipinski definition) is 2. The van der Waals surface area contributed by atoms with Crippen LogP contribution in [-0.2, 0) is 0 Å². The van der Waals surface area contributed by atoms with Gasteiger partial charge < -0.3 is 0 Å². The Morgan fingerprint density at radius 3 is 2.79 bits per heavy atom. The van der Waals surface area contributed by atoms with Crippen molar-refractivity contribution in [3.05, 3.63) is 46.9 Å². The molecule has 0 unspecified atom stereocenters. The minimum Gasteiger partial charge on any atom is -0.244 e. The molecule has 0 saturated heterocycles. The van der Waals surface area contributed by atoms with Crippen LogP contribution in [0.2, 0.25) is 5.02 Å². The summed E-state index contributed by atoms with van der Waals surface area (Å²) in [6.45, 7) is 3.70. The van der Waals surface area contributed by atoms with E-state index in [2.05, 4.69) is 11.6 Å². The molecule has 0 saturated carbocycles. The molecule has 1 nitrogen and oxygen atoms in total. The number of halogens is 1. The van der Waals surface area contributed by atoms with Crippen molar-refractivity contribution in [3.63, 3.8) is 0 Å². The molecule has 0 atom stereocenters. The van der Waals surface area contributed by atoms with E-state index >= 15 is 0 Å². The second-order valence-electron chi connectivity index (χ2n) is 2.75. The largest absolute Gasteiger partial charge is 0.244 e. The normalized spacial score (nSPS) is 10.1. The van der Waals surface area contributed by atoms with E-state index in [1.807, 2.05) is 24.3 Å². The molecule has 0 aliphatic carbocycles. The van der Waals surface area contributed by atoms with Crippen molar-refractivity contribution in [2.24, 2.45) is 0 Å². The average molecular weight is 222 g/mol. The topological polar surface area (TPSA) is 12.9 Å². The van der Waals surface area contributed by atoms with Crippen LogP contribution >= 0.6 is 22.9 Å². The molecule has 0 N–H and O–H groups in total. The van der Waals surface area contributed by atoms with Gasteiger partial charge in [0.15, 0.2) is 0 Å². The molecule has 1 aromatic heterocycles. The molecular formula is C11H8ClNS. The maximum atomic E-state index is 6.05. The van der Waals surface area contributed by atoms with Crippen LogP contribution in [-0.4, -0.2) is 4.98 Å². The molecule has 0 aliphatic heterocycles. The number of rotatable bonds is 2. The summed E-state index contributed by atoms with van der Waals surface area (Å²) in [5.41, 5.74) is 0.979. The molecule has 0 amide bonds. The Bertz CT molecular complexity index is 462. The van der Waals surface area contributed by atoms with Crippen LogP contribution in [0.25, 0.3) is 16.6 Å². The summed E-state index contributed by atoms with van der Waals surface area (Å²) in [6, 6.07) is 7.70. The first-order chi connectivity index (χ1) is 6.81. The Hall–Kier alpha value is -1.12. The van der Waals surface area contributed by atoms with Gasteiger partial charge in [-0.15, -0.1) is 11.3 Å². The van der Waals surface area contributed by atoms with Gasteiger partial charge in [-0.25, -0.2) is 4.98 Å². The molecule has 3 heteroatoms. The Kier molecular flexibility index (Phi) is 2.66. The van der Waals surface area contributed by atoms with Gasteiger partial charge in [0.1, 0.15) is 5.01 Å². The van der Waals surface area contributed by atoms with E-state index in [1.54, 1.807) is 23.6 Å². The highest BCUT2D eigenvalue weighted by atomic mass is 35.5. The highest BCUT2D eigenvalue weighted by Crippen LogP contribution is 2.30. The molecule has 0 bridgehead atoms. The van der Waals surface area contributed by atoms with E-state index < -0.39 is 0 Å². The minimum atomic E-state index is 0.734.